The Bertz CT molecular complexity index is 345. The van der Waals surface area contributed by atoms with E-state index in [1.807, 2.05) is 0 Å². The Balaban J connectivity index is 2.10. The molecule has 1 saturated carbocycles. The van der Waals surface area contributed by atoms with Crippen molar-refractivity contribution in [3.8, 4) is 5.75 Å². The van der Waals surface area contributed by atoms with Crippen molar-refractivity contribution in [2.75, 3.05) is 6.61 Å². The van der Waals surface area contributed by atoms with Crippen molar-refractivity contribution < 1.29 is 13.9 Å². The molecule has 1 aromatic carbocycles. The first-order valence-corrected chi connectivity index (χ1v) is 4.67. The van der Waals surface area contributed by atoms with Crippen molar-refractivity contribution in [3.63, 3.8) is 0 Å². The summed E-state index contributed by atoms with van der Waals surface area (Å²) in [5, 5.41) is 0. The molecular weight excluding hydrogens is 183 g/mol. The first-order valence-electron chi connectivity index (χ1n) is 4.67. The van der Waals surface area contributed by atoms with Crippen LogP contribution < -0.4 is 4.74 Å². The van der Waals surface area contributed by atoms with Crippen LogP contribution in [0.15, 0.2) is 18.2 Å². The molecule has 0 radical (unpaired) electrons. The second-order valence-corrected chi connectivity index (χ2v) is 3.53. The van der Waals surface area contributed by atoms with Crippen LogP contribution in [0.1, 0.15) is 23.2 Å². The van der Waals surface area contributed by atoms with Gasteiger partial charge in [0.05, 0.1) is 12.2 Å². The van der Waals surface area contributed by atoms with Crippen LogP contribution in [0.3, 0.4) is 0 Å². The number of carbonyl (C=O) groups excluding carboxylic acids is 1. The molecule has 0 heterocycles. The van der Waals surface area contributed by atoms with E-state index in [1.54, 1.807) is 12.1 Å². The van der Waals surface area contributed by atoms with Crippen LogP contribution in [0.25, 0.3) is 0 Å². The Morgan fingerprint density at radius 1 is 1.50 bits per heavy atom. The molecule has 74 valence electrons. The molecule has 0 aromatic heterocycles. The molecule has 0 bridgehead atoms. The van der Waals surface area contributed by atoms with E-state index in [1.165, 1.54) is 6.07 Å². The van der Waals surface area contributed by atoms with Crippen molar-refractivity contribution in [2.24, 2.45) is 5.92 Å². The van der Waals surface area contributed by atoms with Gasteiger partial charge < -0.3 is 4.74 Å². The van der Waals surface area contributed by atoms with Crippen molar-refractivity contribution in [1.29, 1.82) is 0 Å². The third-order valence-electron chi connectivity index (χ3n) is 2.29. The predicted molar refractivity (Wildman–Crippen MR) is 50.0 cm³/mol. The Morgan fingerprint density at radius 3 is 2.93 bits per heavy atom. The minimum Gasteiger partial charge on any atom is -0.490 e. The van der Waals surface area contributed by atoms with Crippen molar-refractivity contribution >= 4 is 6.29 Å². The van der Waals surface area contributed by atoms with E-state index in [2.05, 4.69) is 0 Å². The lowest BCUT2D eigenvalue weighted by Crippen LogP contribution is -2.02. The highest BCUT2D eigenvalue weighted by Crippen LogP contribution is 2.30. The zero-order valence-electron chi connectivity index (χ0n) is 7.70. The van der Waals surface area contributed by atoms with Crippen LogP contribution in [-0.4, -0.2) is 12.9 Å². The van der Waals surface area contributed by atoms with Crippen molar-refractivity contribution in [1.82, 2.24) is 0 Å². The average molecular weight is 194 g/mol. The Hall–Kier alpha value is -1.38. The highest BCUT2D eigenvalue weighted by Gasteiger charge is 2.22. The van der Waals surface area contributed by atoms with Gasteiger partial charge in [-0.1, -0.05) is 6.07 Å². The van der Waals surface area contributed by atoms with Gasteiger partial charge >= 0.3 is 0 Å². The summed E-state index contributed by atoms with van der Waals surface area (Å²) in [5.41, 5.74) is 0.0540. The lowest BCUT2D eigenvalue weighted by atomic mass is 10.2. The van der Waals surface area contributed by atoms with E-state index in [9.17, 15) is 9.18 Å². The molecule has 1 aromatic rings. The SMILES string of the molecule is O=Cc1cccc(OCC2CC2)c1F. The second-order valence-electron chi connectivity index (χ2n) is 3.53. The normalized spacial score (nSPS) is 15.2. The largest absolute Gasteiger partial charge is 0.490 e. The number of ether oxygens (including phenoxy) is 1. The van der Waals surface area contributed by atoms with Crippen LogP contribution in [0.2, 0.25) is 0 Å². The Labute approximate surface area is 81.7 Å². The van der Waals surface area contributed by atoms with Gasteiger partial charge in [-0.25, -0.2) is 4.39 Å². The summed E-state index contributed by atoms with van der Waals surface area (Å²) in [7, 11) is 0. The number of aldehydes is 1. The zero-order valence-corrected chi connectivity index (χ0v) is 7.70. The molecule has 1 aliphatic rings. The van der Waals surface area contributed by atoms with Gasteiger partial charge in [0.25, 0.3) is 0 Å². The van der Waals surface area contributed by atoms with Crippen molar-refractivity contribution in [3.05, 3.63) is 29.6 Å². The summed E-state index contributed by atoms with van der Waals surface area (Å²) in [6.45, 7) is 0.555. The van der Waals surface area contributed by atoms with Crippen LogP contribution in [-0.2, 0) is 0 Å². The van der Waals surface area contributed by atoms with Gasteiger partial charge in [0.1, 0.15) is 0 Å². The molecule has 0 spiro atoms. The number of rotatable bonds is 4. The summed E-state index contributed by atoms with van der Waals surface area (Å²) < 4.78 is 18.7. The Morgan fingerprint density at radius 2 is 2.29 bits per heavy atom. The predicted octanol–water partition coefficient (Wildman–Crippen LogP) is 2.43. The zero-order chi connectivity index (χ0) is 9.97. The second kappa shape index (κ2) is 3.78. The van der Waals surface area contributed by atoms with E-state index < -0.39 is 5.82 Å². The van der Waals surface area contributed by atoms with Gasteiger partial charge in [-0.15, -0.1) is 0 Å². The molecule has 0 aliphatic heterocycles. The monoisotopic (exact) mass is 194 g/mol. The minimum atomic E-state index is -0.553. The molecule has 1 aliphatic carbocycles. The lowest BCUT2D eigenvalue weighted by molar-refractivity contribution is 0.111. The molecule has 14 heavy (non-hydrogen) atoms. The van der Waals surface area contributed by atoms with Crippen molar-refractivity contribution in [2.45, 2.75) is 12.8 Å². The summed E-state index contributed by atoms with van der Waals surface area (Å²) in [5.74, 6) is 0.207. The lowest BCUT2D eigenvalue weighted by Gasteiger charge is -2.06. The molecule has 2 nitrogen and oxygen atoms in total. The molecule has 0 amide bonds. The summed E-state index contributed by atoms with van der Waals surface area (Å²) in [6, 6.07) is 4.60. The fourth-order valence-corrected chi connectivity index (χ4v) is 1.22. The summed E-state index contributed by atoms with van der Waals surface area (Å²) in [6.07, 6.45) is 2.82. The van der Waals surface area contributed by atoms with Gasteiger partial charge in [0.15, 0.2) is 17.9 Å². The first-order chi connectivity index (χ1) is 6.81. The Kier molecular flexibility index (Phi) is 2.48. The third kappa shape index (κ3) is 1.92. The average Bonchev–Trinajstić information content (AvgIpc) is 3.00. The summed E-state index contributed by atoms with van der Waals surface area (Å²) in [4.78, 5) is 10.4. The number of benzene rings is 1. The van der Waals surface area contributed by atoms with E-state index in [4.69, 9.17) is 4.74 Å². The molecule has 0 N–H and O–H groups in total. The standard InChI is InChI=1S/C11H11FO2/c12-11-9(6-13)2-1-3-10(11)14-7-8-4-5-8/h1-3,6,8H,4-5,7H2. The van der Waals surface area contributed by atoms with E-state index >= 15 is 0 Å². The maximum absolute atomic E-state index is 13.4. The van der Waals surface area contributed by atoms with E-state index in [-0.39, 0.29) is 11.3 Å². The highest BCUT2D eigenvalue weighted by molar-refractivity contribution is 5.76. The molecule has 0 saturated heterocycles. The molecular formula is C11H11FO2. The van der Waals surface area contributed by atoms with Crippen LogP contribution in [0, 0.1) is 11.7 Å². The smallest absolute Gasteiger partial charge is 0.175 e. The van der Waals surface area contributed by atoms with Gasteiger partial charge in [0.2, 0.25) is 0 Å². The molecule has 1 fully saturated rings. The van der Waals surface area contributed by atoms with Crippen LogP contribution in [0.4, 0.5) is 4.39 Å². The fourth-order valence-electron chi connectivity index (χ4n) is 1.22. The third-order valence-corrected chi connectivity index (χ3v) is 2.29. The molecule has 0 unspecified atom stereocenters. The van der Waals surface area contributed by atoms with Gasteiger partial charge in [0, 0.05) is 0 Å². The fraction of sp³-hybridized carbons (Fsp3) is 0.364. The van der Waals surface area contributed by atoms with E-state index in [0.29, 0.717) is 18.8 Å². The maximum atomic E-state index is 13.4. The molecule has 0 atom stereocenters. The van der Waals surface area contributed by atoms with Crippen LogP contribution >= 0.6 is 0 Å². The number of hydrogen-bond donors (Lipinski definition) is 0. The van der Waals surface area contributed by atoms with Gasteiger partial charge in [-0.05, 0) is 30.9 Å². The van der Waals surface area contributed by atoms with Crippen LogP contribution in [0.5, 0.6) is 5.75 Å². The topological polar surface area (TPSA) is 26.3 Å². The van der Waals surface area contributed by atoms with Gasteiger partial charge in [-0.2, -0.15) is 0 Å². The summed E-state index contributed by atoms with van der Waals surface area (Å²) >= 11 is 0. The quantitative estimate of drug-likeness (QED) is 0.688. The van der Waals surface area contributed by atoms with Gasteiger partial charge in [-0.3, -0.25) is 4.79 Å². The number of carbonyl (C=O) groups is 1. The molecule has 2 rings (SSSR count). The first kappa shape index (κ1) is 9.19. The van der Waals surface area contributed by atoms with E-state index in [0.717, 1.165) is 12.8 Å². The minimum absolute atomic E-state index is 0.0540. The number of hydrogen-bond acceptors (Lipinski definition) is 2. The number of halogens is 1. The molecule has 3 heteroatoms. The highest BCUT2D eigenvalue weighted by atomic mass is 19.1. The maximum Gasteiger partial charge on any atom is 0.175 e.